The first-order valence-electron chi connectivity index (χ1n) is 6.73. The van der Waals surface area contributed by atoms with Crippen LogP contribution in [0.4, 0.5) is 0 Å². The van der Waals surface area contributed by atoms with Gasteiger partial charge in [-0.05, 0) is 42.2 Å². The molecule has 3 rings (SSSR count). The van der Waals surface area contributed by atoms with Gasteiger partial charge in [0.05, 0.1) is 0 Å². The third-order valence-electron chi connectivity index (χ3n) is 3.49. The molecule has 0 saturated carbocycles. The van der Waals surface area contributed by atoms with Crippen molar-refractivity contribution in [2.75, 3.05) is 0 Å². The number of allylic oxidation sites excluding steroid dienone is 4. The van der Waals surface area contributed by atoms with Gasteiger partial charge in [-0.2, -0.15) is 0 Å². The molecule has 102 valence electrons. The molecule has 1 aromatic heterocycles. The van der Waals surface area contributed by atoms with E-state index in [1.807, 2.05) is 18.2 Å². The van der Waals surface area contributed by atoms with Crippen molar-refractivity contribution < 1.29 is 4.42 Å². The van der Waals surface area contributed by atoms with Crippen LogP contribution in [0.2, 0.25) is 0 Å². The van der Waals surface area contributed by atoms with Crippen molar-refractivity contribution in [2.24, 2.45) is 0 Å². The van der Waals surface area contributed by atoms with Crippen molar-refractivity contribution in [2.45, 2.75) is 25.1 Å². The average Bonchev–Trinajstić information content (AvgIpc) is 2.48. The lowest BCUT2D eigenvalue weighted by Crippen LogP contribution is -2.08. The maximum Gasteiger partial charge on any atom is 0.339 e. The summed E-state index contributed by atoms with van der Waals surface area (Å²) in [6.07, 6.45) is 9.15. The Bertz CT molecular complexity index is 753. The molecule has 0 spiro atoms. The molecule has 0 bridgehead atoms. The third-order valence-corrected chi connectivity index (χ3v) is 3.80. The molecular formula is C17H15ClO2. The maximum atomic E-state index is 12.0. The summed E-state index contributed by atoms with van der Waals surface area (Å²) in [5, 5.41) is 0.929. The molecule has 1 aromatic carbocycles. The fourth-order valence-corrected chi connectivity index (χ4v) is 2.61. The van der Waals surface area contributed by atoms with Gasteiger partial charge in [0.25, 0.3) is 0 Å². The first-order chi connectivity index (χ1) is 9.76. The fraction of sp³-hybridized carbons (Fsp3) is 0.235. The zero-order valence-corrected chi connectivity index (χ0v) is 11.8. The van der Waals surface area contributed by atoms with E-state index in [1.165, 1.54) is 5.57 Å². The van der Waals surface area contributed by atoms with E-state index < -0.39 is 0 Å². The van der Waals surface area contributed by atoms with Gasteiger partial charge in [0.1, 0.15) is 5.58 Å². The SMILES string of the molecule is O=c1oc2ccc(CCl)cc2cc1CC1=CCCC=C1. The van der Waals surface area contributed by atoms with E-state index in [9.17, 15) is 4.79 Å². The molecule has 1 aliphatic rings. The average molecular weight is 287 g/mol. The van der Waals surface area contributed by atoms with E-state index in [4.69, 9.17) is 16.0 Å². The molecule has 0 N–H and O–H groups in total. The third kappa shape index (κ3) is 2.70. The topological polar surface area (TPSA) is 30.2 Å². The second-order valence-corrected chi connectivity index (χ2v) is 5.27. The van der Waals surface area contributed by atoms with Gasteiger partial charge in [-0.3, -0.25) is 0 Å². The maximum absolute atomic E-state index is 12.0. The number of fused-ring (bicyclic) bond motifs is 1. The highest BCUT2D eigenvalue weighted by Crippen LogP contribution is 2.19. The Balaban J connectivity index is 2.01. The molecule has 2 aromatic rings. The van der Waals surface area contributed by atoms with Crippen molar-refractivity contribution in [3.05, 3.63) is 69.6 Å². The Labute approximate surface area is 122 Å². The highest BCUT2D eigenvalue weighted by Gasteiger charge is 2.08. The molecule has 1 aliphatic carbocycles. The van der Waals surface area contributed by atoms with Crippen LogP contribution in [-0.4, -0.2) is 0 Å². The Morgan fingerprint density at radius 1 is 1.20 bits per heavy atom. The van der Waals surface area contributed by atoms with Gasteiger partial charge >= 0.3 is 5.63 Å². The molecule has 20 heavy (non-hydrogen) atoms. The van der Waals surface area contributed by atoms with Crippen LogP contribution < -0.4 is 5.63 Å². The second-order valence-electron chi connectivity index (χ2n) is 5.00. The van der Waals surface area contributed by atoms with Crippen molar-refractivity contribution in [3.8, 4) is 0 Å². The van der Waals surface area contributed by atoms with Crippen LogP contribution in [-0.2, 0) is 12.3 Å². The summed E-state index contributed by atoms with van der Waals surface area (Å²) in [7, 11) is 0. The molecule has 1 heterocycles. The number of hydrogen-bond acceptors (Lipinski definition) is 2. The summed E-state index contributed by atoms with van der Waals surface area (Å²) in [6, 6.07) is 7.57. The van der Waals surface area contributed by atoms with Crippen molar-refractivity contribution in [3.63, 3.8) is 0 Å². The highest BCUT2D eigenvalue weighted by molar-refractivity contribution is 6.17. The predicted octanol–water partition coefficient (Wildman–Crippen LogP) is 4.35. The van der Waals surface area contributed by atoms with Gasteiger partial charge in [0.2, 0.25) is 0 Å². The minimum absolute atomic E-state index is 0.254. The minimum atomic E-state index is -0.254. The van der Waals surface area contributed by atoms with E-state index in [1.54, 1.807) is 6.07 Å². The van der Waals surface area contributed by atoms with Gasteiger partial charge < -0.3 is 4.42 Å². The number of hydrogen-bond donors (Lipinski definition) is 0. The van der Waals surface area contributed by atoms with Crippen LogP contribution in [0.3, 0.4) is 0 Å². The largest absolute Gasteiger partial charge is 0.423 e. The zero-order chi connectivity index (χ0) is 13.9. The van der Waals surface area contributed by atoms with E-state index in [0.717, 1.165) is 23.8 Å². The second kappa shape index (κ2) is 5.68. The van der Waals surface area contributed by atoms with Gasteiger partial charge in [-0.15, -0.1) is 11.6 Å². The summed E-state index contributed by atoms with van der Waals surface area (Å²) in [5.41, 5.74) is 3.26. The first-order valence-corrected chi connectivity index (χ1v) is 7.27. The Kier molecular flexibility index (Phi) is 3.75. The van der Waals surface area contributed by atoms with E-state index in [2.05, 4.69) is 18.2 Å². The number of rotatable bonds is 3. The predicted molar refractivity (Wildman–Crippen MR) is 82.2 cm³/mol. The van der Waals surface area contributed by atoms with Crippen molar-refractivity contribution in [1.82, 2.24) is 0 Å². The van der Waals surface area contributed by atoms with Gasteiger partial charge in [-0.1, -0.05) is 24.3 Å². The molecule has 0 radical (unpaired) electrons. The van der Waals surface area contributed by atoms with E-state index >= 15 is 0 Å². The minimum Gasteiger partial charge on any atom is -0.423 e. The summed E-state index contributed by atoms with van der Waals surface area (Å²) in [6.45, 7) is 0. The van der Waals surface area contributed by atoms with Gasteiger partial charge in [0, 0.05) is 23.3 Å². The zero-order valence-electron chi connectivity index (χ0n) is 11.1. The molecule has 0 saturated heterocycles. The van der Waals surface area contributed by atoms with Crippen LogP contribution in [0.5, 0.6) is 0 Å². The molecular weight excluding hydrogens is 272 g/mol. The van der Waals surface area contributed by atoms with Crippen molar-refractivity contribution >= 4 is 22.6 Å². The molecule has 0 atom stereocenters. The lowest BCUT2D eigenvalue weighted by molar-refractivity contribution is 0.552. The summed E-state index contributed by atoms with van der Waals surface area (Å²) >= 11 is 5.84. The highest BCUT2D eigenvalue weighted by atomic mass is 35.5. The normalized spacial score (nSPS) is 14.6. The van der Waals surface area contributed by atoms with E-state index in [-0.39, 0.29) is 5.63 Å². The van der Waals surface area contributed by atoms with Crippen molar-refractivity contribution in [1.29, 1.82) is 0 Å². The summed E-state index contributed by atoms with van der Waals surface area (Å²) < 4.78 is 5.38. The lowest BCUT2D eigenvalue weighted by Gasteiger charge is -2.07. The van der Waals surface area contributed by atoms with Crippen LogP contribution >= 0.6 is 11.6 Å². The molecule has 2 nitrogen and oxygen atoms in total. The molecule has 3 heteroatoms. The Hall–Kier alpha value is -1.80. The monoisotopic (exact) mass is 286 g/mol. The summed E-state index contributed by atoms with van der Waals surface area (Å²) in [5.74, 6) is 0.457. The standard InChI is InChI=1S/C17H15ClO2/c18-11-13-6-7-16-14(9-13)10-15(17(19)20-16)8-12-4-2-1-3-5-12/h2,4-7,9-10H,1,3,8,11H2. The number of alkyl halides is 1. The Morgan fingerprint density at radius 3 is 2.85 bits per heavy atom. The molecule has 0 fully saturated rings. The van der Waals surface area contributed by atoms with E-state index in [0.29, 0.717) is 23.4 Å². The summed E-state index contributed by atoms with van der Waals surface area (Å²) in [4.78, 5) is 12.0. The lowest BCUT2D eigenvalue weighted by atomic mass is 10.00. The molecule has 0 unspecified atom stereocenters. The quantitative estimate of drug-likeness (QED) is 0.620. The van der Waals surface area contributed by atoms with Gasteiger partial charge in [-0.25, -0.2) is 4.79 Å². The van der Waals surface area contributed by atoms with Crippen LogP contribution in [0.25, 0.3) is 11.0 Å². The van der Waals surface area contributed by atoms with Crippen LogP contribution in [0.15, 0.2) is 57.3 Å². The molecule has 0 amide bonds. The smallest absolute Gasteiger partial charge is 0.339 e. The van der Waals surface area contributed by atoms with Gasteiger partial charge in [0.15, 0.2) is 0 Å². The van der Waals surface area contributed by atoms with Crippen LogP contribution in [0.1, 0.15) is 24.0 Å². The molecule has 0 aliphatic heterocycles. The Morgan fingerprint density at radius 2 is 2.10 bits per heavy atom. The van der Waals surface area contributed by atoms with Crippen LogP contribution in [0, 0.1) is 0 Å². The number of halogens is 1. The fourth-order valence-electron chi connectivity index (χ4n) is 2.44. The first kappa shape index (κ1) is 13.2. The number of benzene rings is 1.